The Hall–Kier alpha value is -1.51. The second-order valence-corrected chi connectivity index (χ2v) is 5.59. The van der Waals surface area contributed by atoms with Crippen LogP contribution in [0, 0.1) is 6.92 Å². The van der Waals surface area contributed by atoms with E-state index in [4.69, 9.17) is 22.1 Å². The molecular formula is C18H22ClNO. The van der Waals surface area contributed by atoms with Gasteiger partial charge in [-0.25, -0.2) is 0 Å². The molecule has 0 bridgehead atoms. The van der Waals surface area contributed by atoms with E-state index in [9.17, 15) is 0 Å². The highest BCUT2D eigenvalue weighted by Crippen LogP contribution is 2.30. The second kappa shape index (κ2) is 7.48. The Bertz CT molecular complexity index is 598. The van der Waals surface area contributed by atoms with Crippen LogP contribution in [0.4, 0.5) is 0 Å². The lowest BCUT2D eigenvalue weighted by Gasteiger charge is -2.18. The molecule has 0 spiro atoms. The summed E-state index contributed by atoms with van der Waals surface area (Å²) in [6.45, 7) is 5.29. The van der Waals surface area contributed by atoms with Crippen LogP contribution in [-0.2, 0) is 6.42 Å². The standard InChI is InChI=1S/C18H22ClNO/c1-3-21-18-9-8-15(11-17(18)19)16(12-20)10-14-7-5-4-6-13(14)2/h4-9,11,16H,3,10,12,20H2,1-2H3. The molecule has 21 heavy (non-hydrogen) atoms. The molecule has 2 aromatic rings. The lowest BCUT2D eigenvalue weighted by Crippen LogP contribution is -2.15. The summed E-state index contributed by atoms with van der Waals surface area (Å²) in [5.74, 6) is 0.994. The van der Waals surface area contributed by atoms with Gasteiger partial charge in [-0.1, -0.05) is 41.9 Å². The predicted octanol–water partition coefficient (Wildman–Crippen LogP) is 4.33. The van der Waals surface area contributed by atoms with Crippen molar-refractivity contribution < 1.29 is 4.74 Å². The van der Waals surface area contributed by atoms with E-state index >= 15 is 0 Å². The molecule has 3 heteroatoms. The Morgan fingerprint density at radius 1 is 1.19 bits per heavy atom. The van der Waals surface area contributed by atoms with Gasteiger partial charge in [0.15, 0.2) is 0 Å². The maximum absolute atomic E-state index is 6.28. The number of halogens is 1. The Labute approximate surface area is 131 Å². The molecule has 0 aliphatic carbocycles. The molecule has 0 aromatic heterocycles. The lowest BCUT2D eigenvalue weighted by molar-refractivity contribution is 0.340. The summed E-state index contributed by atoms with van der Waals surface area (Å²) in [7, 11) is 0. The highest BCUT2D eigenvalue weighted by atomic mass is 35.5. The first-order valence-electron chi connectivity index (χ1n) is 7.32. The fourth-order valence-corrected chi connectivity index (χ4v) is 2.73. The Morgan fingerprint density at radius 3 is 2.57 bits per heavy atom. The monoisotopic (exact) mass is 303 g/mol. The van der Waals surface area contributed by atoms with Crippen LogP contribution < -0.4 is 10.5 Å². The molecular weight excluding hydrogens is 282 g/mol. The molecule has 2 aromatic carbocycles. The maximum Gasteiger partial charge on any atom is 0.137 e. The Kier molecular flexibility index (Phi) is 5.66. The van der Waals surface area contributed by atoms with E-state index in [-0.39, 0.29) is 5.92 Å². The molecule has 0 radical (unpaired) electrons. The van der Waals surface area contributed by atoms with Crippen LogP contribution in [-0.4, -0.2) is 13.2 Å². The minimum absolute atomic E-state index is 0.263. The van der Waals surface area contributed by atoms with Gasteiger partial charge in [-0.05, 0) is 55.6 Å². The van der Waals surface area contributed by atoms with Crippen molar-refractivity contribution in [1.82, 2.24) is 0 Å². The number of hydrogen-bond acceptors (Lipinski definition) is 2. The normalized spacial score (nSPS) is 12.2. The van der Waals surface area contributed by atoms with Crippen LogP contribution in [0.2, 0.25) is 5.02 Å². The van der Waals surface area contributed by atoms with Gasteiger partial charge in [0, 0.05) is 5.92 Å². The third-order valence-electron chi connectivity index (χ3n) is 3.74. The molecule has 0 aliphatic heterocycles. The molecule has 0 heterocycles. The molecule has 2 rings (SSSR count). The maximum atomic E-state index is 6.28. The molecule has 1 unspecified atom stereocenters. The number of aryl methyl sites for hydroxylation is 1. The van der Waals surface area contributed by atoms with E-state index in [0.717, 1.165) is 17.7 Å². The van der Waals surface area contributed by atoms with Gasteiger partial charge >= 0.3 is 0 Å². The second-order valence-electron chi connectivity index (χ2n) is 5.19. The molecule has 0 saturated carbocycles. The molecule has 0 fully saturated rings. The summed E-state index contributed by atoms with van der Waals surface area (Å²) in [6.07, 6.45) is 0.924. The van der Waals surface area contributed by atoms with E-state index in [1.807, 2.05) is 19.1 Å². The van der Waals surface area contributed by atoms with E-state index in [2.05, 4.69) is 37.3 Å². The average molecular weight is 304 g/mol. The highest BCUT2D eigenvalue weighted by Gasteiger charge is 2.14. The van der Waals surface area contributed by atoms with Gasteiger partial charge in [-0.15, -0.1) is 0 Å². The van der Waals surface area contributed by atoms with Gasteiger partial charge in [0.05, 0.1) is 11.6 Å². The van der Waals surface area contributed by atoms with E-state index in [1.54, 1.807) is 0 Å². The van der Waals surface area contributed by atoms with Gasteiger partial charge in [0.1, 0.15) is 5.75 Å². The molecule has 2 nitrogen and oxygen atoms in total. The van der Waals surface area contributed by atoms with Crippen molar-refractivity contribution in [2.75, 3.05) is 13.2 Å². The summed E-state index contributed by atoms with van der Waals surface area (Å²) in [5.41, 5.74) is 9.77. The van der Waals surface area contributed by atoms with Gasteiger partial charge in [0.25, 0.3) is 0 Å². The van der Waals surface area contributed by atoms with Crippen molar-refractivity contribution >= 4 is 11.6 Å². The number of rotatable bonds is 6. The van der Waals surface area contributed by atoms with E-state index in [0.29, 0.717) is 18.2 Å². The quantitative estimate of drug-likeness (QED) is 0.862. The van der Waals surface area contributed by atoms with Crippen LogP contribution in [0.15, 0.2) is 42.5 Å². The minimum atomic E-state index is 0.263. The summed E-state index contributed by atoms with van der Waals surface area (Å²) < 4.78 is 5.48. The number of benzene rings is 2. The summed E-state index contributed by atoms with van der Waals surface area (Å²) in [6, 6.07) is 14.4. The van der Waals surface area contributed by atoms with Crippen molar-refractivity contribution in [1.29, 1.82) is 0 Å². The summed E-state index contributed by atoms with van der Waals surface area (Å²) in [4.78, 5) is 0. The fraction of sp³-hybridized carbons (Fsp3) is 0.333. The van der Waals surface area contributed by atoms with Crippen LogP contribution in [0.5, 0.6) is 5.75 Å². The zero-order valence-corrected chi connectivity index (χ0v) is 13.4. The van der Waals surface area contributed by atoms with Gasteiger partial charge in [-0.3, -0.25) is 0 Å². The van der Waals surface area contributed by atoms with Crippen molar-refractivity contribution in [3.63, 3.8) is 0 Å². The van der Waals surface area contributed by atoms with Crippen LogP contribution in [0.25, 0.3) is 0 Å². The first-order valence-corrected chi connectivity index (χ1v) is 7.70. The molecule has 0 saturated heterocycles. The smallest absolute Gasteiger partial charge is 0.137 e. The van der Waals surface area contributed by atoms with Crippen LogP contribution in [0.1, 0.15) is 29.5 Å². The topological polar surface area (TPSA) is 35.2 Å². The molecule has 0 aliphatic rings. The average Bonchev–Trinajstić information content (AvgIpc) is 2.49. The molecule has 2 N–H and O–H groups in total. The van der Waals surface area contributed by atoms with E-state index < -0.39 is 0 Å². The van der Waals surface area contributed by atoms with Crippen LogP contribution in [0.3, 0.4) is 0 Å². The lowest BCUT2D eigenvalue weighted by atomic mass is 9.90. The van der Waals surface area contributed by atoms with Crippen LogP contribution >= 0.6 is 11.6 Å². The largest absolute Gasteiger partial charge is 0.492 e. The molecule has 1 atom stereocenters. The van der Waals surface area contributed by atoms with Crippen molar-refractivity contribution in [2.24, 2.45) is 5.73 Å². The van der Waals surface area contributed by atoms with E-state index in [1.165, 1.54) is 11.1 Å². The predicted molar refractivity (Wildman–Crippen MR) is 89.3 cm³/mol. The number of nitrogens with two attached hydrogens (primary N) is 1. The highest BCUT2D eigenvalue weighted by molar-refractivity contribution is 6.32. The van der Waals surface area contributed by atoms with Gasteiger partial charge in [0.2, 0.25) is 0 Å². The molecule has 112 valence electrons. The minimum Gasteiger partial charge on any atom is -0.492 e. The zero-order valence-electron chi connectivity index (χ0n) is 12.6. The number of hydrogen-bond donors (Lipinski definition) is 1. The SMILES string of the molecule is CCOc1ccc(C(CN)Cc2ccccc2C)cc1Cl. The first kappa shape index (κ1) is 15.9. The third kappa shape index (κ3) is 3.99. The Balaban J connectivity index is 2.21. The Morgan fingerprint density at radius 2 is 1.95 bits per heavy atom. The fourth-order valence-electron chi connectivity index (χ4n) is 2.49. The van der Waals surface area contributed by atoms with Gasteiger partial charge in [-0.2, -0.15) is 0 Å². The summed E-state index contributed by atoms with van der Waals surface area (Å²) >= 11 is 6.28. The van der Waals surface area contributed by atoms with Crippen molar-refractivity contribution in [3.05, 3.63) is 64.2 Å². The van der Waals surface area contributed by atoms with Crippen molar-refractivity contribution in [2.45, 2.75) is 26.2 Å². The third-order valence-corrected chi connectivity index (χ3v) is 4.03. The van der Waals surface area contributed by atoms with Gasteiger partial charge < -0.3 is 10.5 Å². The molecule has 0 amide bonds. The number of ether oxygens (including phenoxy) is 1. The summed E-state index contributed by atoms with van der Waals surface area (Å²) in [5, 5.41) is 0.651. The van der Waals surface area contributed by atoms with Crippen molar-refractivity contribution in [3.8, 4) is 5.75 Å². The first-order chi connectivity index (χ1) is 10.2. The zero-order chi connectivity index (χ0) is 15.2.